The Morgan fingerprint density at radius 3 is 1.17 bits per heavy atom. The minimum Gasteiger partial charge on any atom is -0.478 e. The molecule has 1 heterocycles. The predicted octanol–water partition coefficient (Wildman–Crippen LogP) is 3.38. The van der Waals surface area contributed by atoms with Gasteiger partial charge in [0, 0.05) is 11.1 Å². The molecule has 166 valence electrons. The normalized spacial score (nSPS) is 18.1. The van der Waals surface area contributed by atoms with Gasteiger partial charge in [0.25, 0.3) is 0 Å². The number of hydrogen-bond acceptors (Lipinski definition) is 5. The maximum absolute atomic E-state index is 10.8. The molecule has 30 heavy (non-hydrogen) atoms. The highest BCUT2D eigenvalue weighted by Gasteiger charge is 2.41. The Labute approximate surface area is 174 Å². The number of nitrogens with zero attached hydrogens (tertiary/aromatic N) is 1. The number of carboxylic acid groups (broad SMARTS) is 4. The van der Waals surface area contributed by atoms with Crippen molar-refractivity contribution in [3.63, 3.8) is 0 Å². The van der Waals surface area contributed by atoms with Crippen molar-refractivity contribution in [1.29, 1.82) is 0 Å². The van der Waals surface area contributed by atoms with E-state index in [1.807, 2.05) is 0 Å². The first-order chi connectivity index (χ1) is 13.5. The predicted molar refractivity (Wildman–Crippen MR) is 109 cm³/mol. The Bertz CT molecular complexity index is 756. The fourth-order valence-electron chi connectivity index (χ4n) is 4.18. The van der Waals surface area contributed by atoms with Crippen molar-refractivity contribution in [2.45, 2.75) is 58.5 Å². The molecule has 9 heteroatoms. The van der Waals surface area contributed by atoms with E-state index in [1.54, 1.807) is 0 Å². The van der Waals surface area contributed by atoms with Crippen LogP contribution in [0, 0.1) is 5.92 Å². The summed E-state index contributed by atoms with van der Waals surface area (Å²) in [5, 5.41) is 35.0. The number of benzene rings is 1. The average molecular weight is 423 g/mol. The number of rotatable bonds is 4. The molecule has 0 radical (unpaired) electrons. The molecule has 0 unspecified atom stereocenters. The summed E-state index contributed by atoms with van der Waals surface area (Å²) in [6.07, 6.45) is 2.65. The van der Waals surface area contributed by atoms with Gasteiger partial charge in [-0.05, 0) is 65.6 Å². The van der Waals surface area contributed by atoms with Crippen LogP contribution in [0.15, 0.2) is 12.1 Å². The largest absolute Gasteiger partial charge is 0.478 e. The van der Waals surface area contributed by atoms with Crippen molar-refractivity contribution >= 4 is 23.9 Å². The van der Waals surface area contributed by atoms with Gasteiger partial charge in [0.15, 0.2) is 0 Å². The fourth-order valence-corrected chi connectivity index (χ4v) is 4.18. The molecule has 1 aromatic carbocycles. The van der Waals surface area contributed by atoms with Crippen LogP contribution in [0.25, 0.3) is 0 Å². The Hall–Kier alpha value is -2.94. The number of likely N-dealkylation sites (tertiary alicyclic amines) is 1. The molecule has 1 aliphatic rings. The molecule has 1 aliphatic heterocycles. The first kappa shape index (κ1) is 25.1. The van der Waals surface area contributed by atoms with E-state index < -0.39 is 46.1 Å². The van der Waals surface area contributed by atoms with Crippen LogP contribution in [0.1, 0.15) is 88.9 Å². The Balaban J connectivity index is 0.000000325. The molecule has 4 N–H and O–H groups in total. The Morgan fingerprint density at radius 1 is 0.733 bits per heavy atom. The molecular formula is C21H29NO8. The zero-order valence-electron chi connectivity index (χ0n) is 18.0. The highest BCUT2D eigenvalue weighted by molar-refractivity contribution is 6.09. The van der Waals surface area contributed by atoms with Gasteiger partial charge in [0.1, 0.15) is 0 Å². The van der Waals surface area contributed by atoms with Crippen LogP contribution in [-0.4, -0.2) is 67.3 Å². The van der Waals surface area contributed by atoms with Gasteiger partial charge in [-0.15, -0.1) is 0 Å². The molecule has 0 amide bonds. The lowest BCUT2D eigenvalue weighted by Crippen LogP contribution is -2.58. The van der Waals surface area contributed by atoms with Crippen LogP contribution in [0.5, 0.6) is 0 Å². The Morgan fingerprint density at radius 2 is 0.967 bits per heavy atom. The number of piperidine rings is 1. The van der Waals surface area contributed by atoms with Crippen molar-refractivity contribution in [3.8, 4) is 0 Å². The molecule has 0 aromatic heterocycles. The van der Waals surface area contributed by atoms with Crippen LogP contribution in [0.2, 0.25) is 0 Å². The third-order valence-electron chi connectivity index (χ3n) is 5.59. The minimum atomic E-state index is -1.66. The summed E-state index contributed by atoms with van der Waals surface area (Å²) in [6, 6.07) is 1.02. The summed E-state index contributed by atoms with van der Waals surface area (Å²) in [5.41, 5.74) is -2.40. The van der Waals surface area contributed by atoms with Crippen molar-refractivity contribution in [2.75, 3.05) is 7.05 Å². The Kier molecular flexibility index (Phi) is 7.38. The van der Waals surface area contributed by atoms with Gasteiger partial charge in [-0.3, -0.25) is 4.90 Å². The topological polar surface area (TPSA) is 152 Å². The highest BCUT2D eigenvalue weighted by Crippen LogP contribution is 2.39. The monoisotopic (exact) mass is 423 g/mol. The maximum atomic E-state index is 10.8. The van der Waals surface area contributed by atoms with E-state index in [0.29, 0.717) is 23.2 Å². The second-order valence-electron chi connectivity index (χ2n) is 8.86. The number of hydrogen-bond donors (Lipinski definition) is 4. The van der Waals surface area contributed by atoms with Crippen molar-refractivity contribution in [3.05, 3.63) is 34.4 Å². The van der Waals surface area contributed by atoms with E-state index in [0.717, 1.165) is 5.92 Å². The number of aromatic carboxylic acids is 4. The smallest absolute Gasteiger partial charge is 0.336 e. The quantitative estimate of drug-likeness (QED) is 0.571. The van der Waals surface area contributed by atoms with E-state index in [4.69, 9.17) is 20.4 Å². The van der Waals surface area contributed by atoms with Gasteiger partial charge in [-0.1, -0.05) is 6.92 Å². The molecule has 1 aromatic rings. The van der Waals surface area contributed by atoms with E-state index >= 15 is 0 Å². The van der Waals surface area contributed by atoms with Gasteiger partial charge in [0.05, 0.1) is 22.3 Å². The SMILES string of the molecule is CC1CC(C)(C)N(C)C(C)(C)C1.O=C(O)c1cc(C(=O)O)c(C(=O)O)cc1C(=O)O. The van der Waals surface area contributed by atoms with Gasteiger partial charge in [-0.25, -0.2) is 19.2 Å². The van der Waals surface area contributed by atoms with Crippen molar-refractivity contribution in [1.82, 2.24) is 4.90 Å². The van der Waals surface area contributed by atoms with Gasteiger partial charge in [-0.2, -0.15) is 0 Å². The van der Waals surface area contributed by atoms with Crippen molar-refractivity contribution in [2.24, 2.45) is 5.92 Å². The first-order valence-corrected chi connectivity index (χ1v) is 9.36. The number of carboxylic acids is 4. The average Bonchev–Trinajstić information content (AvgIpc) is 2.57. The van der Waals surface area contributed by atoms with Crippen LogP contribution < -0.4 is 0 Å². The van der Waals surface area contributed by atoms with Crippen LogP contribution in [0.4, 0.5) is 0 Å². The second kappa shape index (κ2) is 8.83. The lowest BCUT2D eigenvalue weighted by atomic mass is 9.75. The van der Waals surface area contributed by atoms with Crippen LogP contribution in [-0.2, 0) is 0 Å². The van der Waals surface area contributed by atoms with Crippen LogP contribution in [0.3, 0.4) is 0 Å². The molecule has 0 atom stereocenters. The molecule has 2 rings (SSSR count). The first-order valence-electron chi connectivity index (χ1n) is 9.36. The highest BCUT2D eigenvalue weighted by atomic mass is 16.4. The summed E-state index contributed by atoms with van der Waals surface area (Å²) in [6.45, 7) is 11.8. The van der Waals surface area contributed by atoms with Crippen molar-refractivity contribution < 1.29 is 39.6 Å². The van der Waals surface area contributed by atoms with Crippen LogP contribution >= 0.6 is 0 Å². The summed E-state index contributed by atoms with van der Waals surface area (Å²) < 4.78 is 0. The van der Waals surface area contributed by atoms with Gasteiger partial charge >= 0.3 is 23.9 Å². The van der Waals surface area contributed by atoms with Gasteiger partial charge < -0.3 is 20.4 Å². The van der Waals surface area contributed by atoms with Gasteiger partial charge in [0.2, 0.25) is 0 Å². The maximum Gasteiger partial charge on any atom is 0.336 e. The third-order valence-corrected chi connectivity index (χ3v) is 5.59. The third kappa shape index (κ3) is 5.56. The molecule has 0 bridgehead atoms. The second-order valence-corrected chi connectivity index (χ2v) is 8.86. The molecular weight excluding hydrogens is 394 g/mol. The van der Waals surface area contributed by atoms with E-state index in [2.05, 4.69) is 46.6 Å². The number of carbonyl (C=O) groups is 4. The summed E-state index contributed by atoms with van der Waals surface area (Å²) in [4.78, 5) is 45.6. The summed E-state index contributed by atoms with van der Waals surface area (Å²) in [5.74, 6) is -5.77. The lowest BCUT2D eigenvalue weighted by molar-refractivity contribution is -0.0256. The van der Waals surface area contributed by atoms with E-state index in [1.165, 1.54) is 12.8 Å². The zero-order valence-corrected chi connectivity index (χ0v) is 18.0. The molecule has 0 saturated carbocycles. The molecule has 0 aliphatic carbocycles. The molecule has 0 spiro atoms. The van der Waals surface area contributed by atoms with E-state index in [9.17, 15) is 19.2 Å². The molecule has 1 fully saturated rings. The summed E-state index contributed by atoms with van der Waals surface area (Å²) in [7, 11) is 2.26. The lowest BCUT2D eigenvalue weighted by Gasteiger charge is -2.53. The van der Waals surface area contributed by atoms with E-state index in [-0.39, 0.29) is 0 Å². The minimum absolute atomic E-state index is 0.376. The fraction of sp³-hybridized carbons (Fsp3) is 0.524. The standard InChI is InChI=1S/C11H23N.C10H6O8/c1-9-7-10(2,3)12(6)11(4,5)8-9;11-7(12)3-1-4(8(13)14)6(10(17)18)2-5(3)9(15)16/h9H,7-8H2,1-6H3;1-2H,(H,11,12)(H,13,14)(H,15,16)(H,17,18). The molecule has 9 nitrogen and oxygen atoms in total. The summed E-state index contributed by atoms with van der Waals surface area (Å²) >= 11 is 0. The zero-order chi connectivity index (χ0) is 23.6. The molecule has 1 saturated heterocycles.